The zero-order chi connectivity index (χ0) is 22.2. The van der Waals surface area contributed by atoms with Gasteiger partial charge in [0.1, 0.15) is 10.6 Å². The van der Waals surface area contributed by atoms with Gasteiger partial charge in [0.2, 0.25) is 11.8 Å². The van der Waals surface area contributed by atoms with Gasteiger partial charge in [0.05, 0.1) is 23.4 Å². The predicted octanol–water partition coefficient (Wildman–Crippen LogP) is 5.13. The van der Waals surface area contributed by atoms with Crippen molar-refractivity contribution in [2.24, 2.45) is 0 Å². The van der Waals surface area contributed by atoms with Gasteiger partial charge >= 0.3 is 0 Å². The first-order valence-corrected chi connectivity index (χ1v) is 12.6. The van der Waals surface area contributed by atoms with Crippen LogP contribution < -0.4 is 10.3 Å². The molecule has 0 aliphatic heterocycles. The van der Waals surface area contributed by atoms with Crippen LogP contribution in [0.1, 0.15) is 55.3 Å². The van der Waals surface area contributed by atoms with Crippen LogP contribution in [0, 0.1) is 0 Å². The van der Waals surface area contributed by atoms with E-state index in [0.29, 0.717) is 29.3 Å². The molecule has 32 heavy (non-hydrogen) atoms. The van der Waals surface area contributed by atoms with Gasteiger partial charge in [-0.05, 0) is 56.0 Å². The Kier molecular flexibility index (Phi) is 5.77. The van der Waals surface area contributed by atoms with Gasteiger partial charge in [0, 0.05) is 10.8 Å². The van der Waals surface area contributed by atoms with Gasteiger partial charge in [-0.15, -0.1) is 21.5 Å². The molecule has 4 aromatic rings. The lowest BCUT2D eigenvalue weighted by Crippen LogP contribution is -2.21. The molecular formula is C23H24N4O3S2. The highest BCUT2D eigenvalue weighted by Gasteiger charge is 2.24. The normalized spacial score (nSPS) is 13.2. The van der Waals surface area contributed by atoms with Gasteiger partial charge in [-0.3, -0.25) is 9.36 Å². The lowest BCUT2D eigenvalue weighted by Gasteiger charge is -2.12. The monoisotopic (exact) mass is 468 g/mol. The van der Waals surface area contributed by atoms with Gasteiger partial charge in [0.15, 0.2) is 5.16 Å². The van der Waals surface area contributed by atoms with E-state index in [0.717, 1.165) is 40.9 Å². The Hall–Kier alpha value is -2.65. The maximum absolute atomic E-state index is 13.7. The molecule has 7 nitrogen and oxygen atoms in total. The molecule has 1 aliphatic rings. The van der Waals surface area contributed by atoms with Crippen LogP contribution >= 0.6 is 23.1 Å². The molecule has 0 amide bonds. The molecule has 3 heterocycles. The Labute approximate surface area is 193 Å². The molecule has 0 spiro atoms. The second kappa shape index (κ2) is 8.71. The zero-order valence-electron chi connectivity index (χ0n) is 18.3. The van der Waals surface area contributed by atoms with Crippen molar-refractivity contribution in [3.05, 3.63) is 56.8 Å². The minimum absolute atomic E-state index is 0.0190. The standard InChI is InChI=1S/C23H24N4O3S2/c1-4-29-15-10-8-14(9-11-15)27-22(28)19-16-6-5-7-17(16)32-21(19)24-23(27)31-12-18-25-26-20(30-18)13(2)3/h8-11,13H,4-7,12H2,1-3H3. The summed E-state index contributed by atoms with van der Waals surface area (Å²) in [4.78, 5) is 20.7. The van der Waals surface area contributed by atoms with Gasteiger partial charge in [0.25, 0.3) is 5.56 Å². The van der Waals surface area contributed by atoms with Crippen LogP contribution in [0.2, 0.25) is 0 Å². The van der Waals surface area contributed by atoms with Crippen molar-refractivity contribution >= 4 is 33.3 Å². The van der Waals surface area contributed by atoms with E-state index in [2.05, 4.69) is 10.2 Å². The fourth-order valence-corrected chi connectivity index (χ4v) is 6.04. The van der Waals surface area contributed by atoms with E-state index in [-0.39, 0.29) is 11.5 Å². The summed E-state index contributed by atoms with van der Waals surface area (Å²) in [5, 5.41) is 9.64. The summed E-state index contributed by atoms with van der Waals surface area (Å²) < 4.78 is 13.0. The molecule has 166 valence electrons. The van der Waals surface area contributed by atoms with E-state index >= 15 is 0 Å². The van der Waals surface area contributed by atoms with Crippen LogP contribution in [-0.2, 0) is 18.6 Å². The van der Waals surface area contributed by atoms with Crippen molar-refractivity contribution in [2.75, 3.05) is 6.61 Å². The molecule has 0 bridgehead atoms. The number of thiophene rings is 1. The van der Waals surface area contributed by atoms with Crippen molar-refractivity contribution in [3.8, 4) is 11.4 Å². The van der Waals surface area contributed by atoms with E-state index in [4.69, 9.17) is 14.1 Å². The van der Waals surface area contributed by atoms with Crippen LogP contribution in [0.5, 0.6) is 5.75 Å². The summed E-state index contributed by atoms with van der Waals surface area (Å²) >= 11 is 3.08. The first-order valence-electron chi connectivity index (χ1n) is 10.8. The molecule has 0 radical (unpaired) electrons. The molecule has 0 fully saturated rings. The lowest BCUT2D eigenvalue weighted by atomic mass is 10.2. The fourth-order valence-electron chi connectivity index (χ4n) is 3.89. The third-order valence-electron chi connectivity index (χ3n) is 5.42. The average molecular weight is 469 g/mol. The number of fused-ring (bicyclic) bond motifs is 3. The van der Waals surface area contributed by atoms with Crippen LogP contribution in [0.4, 0.5) is 0 Å². The average Bonchev–Trinajstić information content (AvgIpc) is 3.49. The topological polar surface area (TPSA) is 83.0 Å². The number of hydrogen-bond donors (Lipinski definition) is 0. The Morgan fingerprint density at radius 2 is 2.03 bits per heavy atom. The Bertz CT molecular complexity index is 1320. The van der Waals surface area contributed by atoms with Gasteiger partial charge in [-0.1, -0.05) is 25.6 Å². The summed E-state index contributed by atoms with van der Waals surface area (Å²) in [6.45, 7) is 6.57. The van der Waals surface area contributed by atoms with Gasteiger partial charge in [-0.2, -0.15) is 0 Å². The SMILES string of the molecule is CCOc1ccc(-n2c(SCc3nnc(C(C)C)o3)nc3sc4c(c3c2=O)CCC4)cc1. The van der Waals surface area contributed by atoms with Crippen LogP contribution in [0.15, 0.2) is 38.6 Å². The van der Waals surface area contributed by atoms with E-state index < -0.39 is 0 Å². The third-order valence-corrected chi connectivity index (χ3v) is 7.52. The smallest absolute Gasteiger partial charge is 0.267 e. The highest BCUT2D eigenvalue weighted by Crippen LogP contribution is 2.36. The van der Waals surface area contributed by atoms with Crippen LogP contribution in [-0.4, -0.2) is 26.4 Å². The molecule has 3 aromatic heterocycles. The van der Waals surface area contributed by atoms with Crippen LogP contribution in [0.25, 0.3) is 15.9 Å². The molecular weight excluding hydrogens is 444 g/mol. The molecule has 0 saturated carbocycles. The van der Waals surface area contributed by atoms with E-state index in [1.165, 1.54) is 22.2 Å². The number of rotatable bonds is 7. The van der Waals surface area contributed by atoms with E-state index in [9.17, 15) is 4.79 Å². The highest BCUT2D eigenvalue weighted by molar-refractivity contribution is 7.98. The summed E-state index contributed by atoms with van der Waals surface area (Å²) in [6.07, 6.45) is 3.08. The predicted molar refractivity (Wildman–Crippen MR) is 126 cm³/mol. The van der Waals surface area contributed by atoms with Crippen molar-refractivity contribution < 1.29 is 9.15 Å². The number of benzene rings is 1. The highest BCUT2D eigenvalue weighted by atomic mass is 32.2. The van der Waals surface area contributed by atoms with E-state index in [1.54, 1.807) is 15.9 Å². The maximum Gasteiger partial charge on any atom is 0.267 e. The summed E-state index contributed by atoms with van der Waals surface area (Å²) in [7, 11) is 0. The first kappa shape index (κ1) is 21.2. The van der Waals surface area contributed by atoms with Crippen molar-refractivity contribution in [3.63, 3.8) is 0 Å². The zero-order valence-corrected chi connectivity index (χ0v) is 19.9. The summed E-state index contributed by atoms with van der Waals surface area (Å²) in [5.41, 5.74) is 1.92. The number of thioether (sulfide) groups is 1. The van der Waals surface area contributed by atoms with E-state index in [1.807, 2.05) is 45.0 Å². The molecule has 1 aliphatic carbocycles. The second-order valence-electron chi connectivity index (χ2n) is 7.98. The number of hydrogen-bond acceptors (Lipinski definition) is 8. The van der Waals surface area contributed by atoms with Crippen molar-refractivity contribution in [1.29, 1.82) is 0 Å². The summed E-state index contributed by atoms with van der Waals surface area (Å²) in [5.74, 6) is 2.53. The minimum Gasteiger partial charge on any atom is -0.494 e. The minimum atomic E-state index is -0.0190. The van der Waals surface area contributed by atoms with Gasteiger partial charge in [-0.25, -0.2) is 4.98 Å². The second-order valence-corrected chi connectivity index (χ2v) is 10.0. The number of aromatic nitrogens is 4. The maximum atomic E-state index is 13.7. The Morgan fingerprint density at radius 3 is 2.75 bits per heavy atom. The Balaban J connectivity index is 1.58. The quantitative estimate of drug-likeness (QED) is 0.274. The third kappa shape index (κ3) is 3.84. The fraction of sp³-hybridized carbons (Fsp3) is 0.391. The first-order chi connectivity index (χ1) is 15.5. The Morgan fingerprint density at radius 1 is 1.22 bits per heavy atom. The number of aryl methyl sites for hydroxylation is 2. The molecule has 9 heteroatoms. The van der Waals surface area contributed by atoms with Crippen LogP contribution in [0.3, 0.4) is 0 Å². The largest absolute Gasteiger partial charge is 0.494 e. The summed E-state index contributed by atoms with van der Waals surface area (Å²) in [6, 6.07) is 7.57. The molecule has 0 atom stereocenters. The molecule has 0 N–H and O–H groups in total. The number of ether oxygens (including phenoxy) is 1. The molecule has 5 rings (SSSR count). The van der Waals surface area contributed by atoms with Crippen molar-refractivity contribution in [2.45, 2.75) is 56.9 Å². The van der Waals surface area contributed by atoms with Crippen molar-refractivity contribution in [1.82, 2.24) is 19.7 Å². The lowest BCUT2D eigenvalue weighted by molar-refractivity contribution is 0.340. The molecule has 0 unspecified atom stereocenters. The van der Waals surface area contributed by atoms with Gasteiger partial charge < -0.3 is 9.15 Å². The molecule has 1 aromatic carbocycles. The molecule has 0 saturated heterocycles. The number of nitrogens with zero attached hydrogens (tertiary/aromatic N) is 4.